The number of carbonyl (C=O) groups excluding carboxylic acids is 1. The van der Waals surface area contributed by atoms with E-state index < -0.39 is 0 Å². The van der Waals surface area contributed by atoms with Gasteiger partial charge in [-0.3, -0.25) is 4.79 Å². The Morgan fingerprint density at radius 3 is 2.59 bits per heavy atom. The lowest BCUT2D eigenvalue weighted by atomic mass is 10.1. The summed E-state index contributed by atoms with van der Waals surface area (Å²) in [5, 5.41) is 12.9. The number of rotatable bonds is 4. The van der Waals surface area contributed by atoms with Crippen molar-refractivity contribution in [1.82, 2.24) is 10.2 Å². The number of nitrogens with one attached hydrogen (secondary N) is 1. The highest BCUT2D eigenvalue weighted by atomic mass is 16.3. The third-order valence-corrected chi connectivity index (χ3v) is 3.93. The van der Waals surface area contributed by atoms with Gasteiger partial charge in [0.05, 0.1) is 6.10 Å². The minimum absolute atomic E-state index is 0.208. The molecule has 2 atom stereocenters. The quantitative estimate of drug-likeness (QED) is 0.767. The Labute approximate surface area is 103 Å². The molecule has 0 aromatic rings. The molecule has 1 amide bonds. The van der Waals surface area contributed by atoms with Crippen LogP contribution in [0.15, 0.2) is 0 Å². The highest BCUT2D eigenvalue weighted by molar-refractivity contribution is 5.76. The molecule has 2 aliphatic rings. The minimum atomic E-state index is -0.208. The largest absolute Gasteiger partial charge is 0.392 e. The van der Waals surface area contributed by atoms with Crippen molar-refractivity contribution in [3.63, 3.8) is 0 Å². The average Bonchev–Trinajstić information content (AvgIpc) is 2.76. The fourth-order valence-corrected chi connectivity index (χ4v) is 2.84. The second-order valence-electron chi connectivity index (χ2n) is 5.25. The van der Waals surface area contributed by atoms with E-state index in [1.807, 2.05) is 4.90 Å². The molecule has 2 N–H and O–H groups in total. The van der Waals surface area contributed by atoms with Gasteiger partial charge in [-0.15, -0.1) is 0 Å². The van der Waals surface area contributed by atoms with Crippen LogP contribution in [0.3, 0.4) is 0 Å². The van der Waals surface area contributed by atoms with Crippen LogP contribution in [0.4, 0.5) is 0 Å². The van der Waals surface area contributed by atoms with Gasteiger partial charge in [0.25, 0.3) is 0 Å². The number of hydrogen-bond acceptors (Lipinski definition) is 3. The minimum Gasteiger partial charge on any atom is -0.392 e. The smallest absolute Gasteiger partial charge is 0.223 e. The van der Waals surface area contributed by atoms with Gasteiger partial charge in [0, 0.05) is 32.1 Å². The first-order valence-corrected chi connectivity index (χ1v) is 6.96. The molecule has 0 aromatic carbocycles. The van der Waals surface area contributed by atoms with Gasteiger partial charge in [0.1, 0.15) is 0 Å². The van der Waals surface area contributed by atoms with Crippen LogP contribution in [0.2, 0.25) is 0 Å². The van der Waals surface area contributed by atoms with E-state index in [1.165, 1.54) is 6.42 Å². The molecular formula is C13H24N2O2. The maximum Gasteiger partial charge on any atom is 0.223 e. The molecule has 2 unspecified atom stereocenters. The second-order valence-corrected chi connectivity index (χ2v) is 5.25. The lowest BCUT2D eigenvalue weighted by molar-refractivity contribution is -0.132. The number of piperidine rings is 1. The van der Waals surface area contributed by atoms with Crippen molar-refractivity contribution >= 4 is 5.91 Å². The molecule has 1 saturated heterocycles. The predicted octanol–water partition coefficient (Wildman–Crippen LogP) is 0.892. The number of amides is 1. The van der Waals surface area contributed by atoms with Gasteiger partial charge in [0.15, 0.2) is 0 Å². The summed E-state index contributed by atoms with van der Waals surface area (Å²) in [6.45, 7) is 2.58. The van der Waals surface area contributed by atoms with Crippen LogP contribution >= 0.6 is 0 Å². The molecule has 0 radical (unpaired) electrons. The zero-order valence-electron chi connectivity index (χ0n) is 10.5. The highest BCUT2D eigenvalue weighted by Crippen LogP contribution is 2.18. The molecule has 4 heteroatoms. The summed E-state index contributed by atoms with van der Waals surface area (Å²) in [5.74, 6) is 0.268. The molecule has 0 spiro atoms. The molecule has 1 saturated carbocycles. The van der Waals surface area contributed by atoms with Gasteiger partial charge < -0.3 is 15.3 Å². The third-order valence-electron chi connectivity index (χ3n) is 3.93. The summed E-state index contributed by atoms with van der Waals surface area (Å²) in [4.78, 5) is 13.9. The van der Waals surface area contributed by atoms with Crippen LogP contribution in [0, 0.1) is 0 Å². The van der Waals surface area contributed by atoms with Crippen LogP contribution in [0.25, 0.3) is 0 Å². The van der Waals surface area contributed by atoms with E-state index in [4.69, 9.17) is 0 Å². The van der Waals surface area contributed by atoms with Crippen molar-refractivity contribution in [3.8, 4) is 0 Å². The van der Waals surface area contributed by atoms with E-state index in [-0.39, 0.29) is 18.1 Å². The van der Waals surface area contributed by atoms with Crippen LogP contribution in [0.1, 0.15) is 44.9 Å². The van der Waals surface area contributed by atoms with E-state index in [2.05, 4.69) is 5.32 Å². The Balaban J connectivity index is 1.62. The maximum atomic E-state index is 11.9. The Hall–Kier alpha value is -0.610. The molecule has 4 nitrogen and oxygen atoms in total. The monoisotopic (exact) mass is 240 g/mol. The third kappa shape index (κ3) is 3.68. The molecule has 1 aliphatic carbocycles. The van der Waals surface area contributed by atoms with Gasteiger partial charge in [-0.2, -0.15) is 0 Å². The molecule has 2 rings (SSSR count). The van der Waals surface area contributed by atoms with Crippen LogP contribution < -0.4 is 5.32 Å². The number of nitrogens with zero attached hydrogens (tertiary/aromatic N) is 1. The van der Waals surface area contributed by atoms with Gasteiger partial charge in [-0.1, -0.05) is 0 Å². The summed E-state index contributed by atoms with van der Waals surface area (Å²) in [6, 6.07) is 0.212. The van der Waals surface area contributed by atoms with Gasteiger partial charge in [0.2, 0.25) is 5.91 Å². The summed E-state index contributed by atoms with van der Waals surface area (Å²) in [7, 11) is 0. The first-order valence-electron chi connectivity index (χ1n) is 6.96. The fourth-order valence-electron chi connectivity index (χ4n) is 2.84. The molecule has 0 bridgehead atoms. The van der Waals surface area contributed by atoms with E-state index in [9.17, 15) is 9.90 Å². The summed E-state index contributed by atoms with van der Waals surface area (Å²) < 4.78 is 0. The normalized spacial score (nSPS) is 29.6. The Morgan fingerprint density at radius 1 is 1.18 bits per heavy atom. The lowest BCUT2D eigenvalue weighted by Gasteiger charge is -2.27. The van der Waals surface area contributed by atoms with Crippen molar-refractivity contribution in [2.75, 3.05) is 19.6 Å². The summed E-state index contributed by atoms with van der Waals surface area (Å²) in [6.07, 6.45) is 6.97. The molecule has 98 valence electrons. The number of aliphatic hydroxyl groups excluding tert-OH is 1. The molecule has 1 aliphatic heterocycles. The van der Waals surface area contributed by atoms with Crippen molar-refractivity contribution in [2.45, 2.75) is 57.1 Å². The van der Waals surface area contributed by atoms with E-state index >= 15 is 0 Å². The number of hydrogen-bond donors (Lipinski definition) is 2. The fraction of sp³-hybridized carbons (Fsp3) is 0.923. The van der Waals surface area contributed by atoms with Crippen LogP contribution in [0.5, 0.6) is 0 Å². The molecule has 17 heavy (non-hydrogen) atoms. The van der Waals surface area contributed by atoms with Crippen LogP contribution in [-0.2, 0) is 4.79 Å². The van der Waals surface area contributed by atoms with E-state index in [0.717, 1.165) is 45.2 Å². The molecule has 1 heterocycles. The molecule has 2 fully saturated rings. The number of likely N-dealkylation sites (tertiary alicyclic amines) is 1. The molecule has 0 aromatic heterocycles. The zero-order valence-corrected chi connectivity index (χ0v) is 10.5. The van der Waals surface area contributed by atoms with E-state index in [0.29, 0.717) is 13.0 Å². The number of aliphatic hydroxyl groups is 1. The Bertz CT molecular complexity index is 252. The highest BCUT2D eigenvalue weighted by Gasteiger charge is 2.24. The Morgan fingerprint density at radius 2 is 1.94 bits per heavy atom. The van der Waals surface area contributed by atoms with Crippen LogP contribution in [-0.4, -0.2) is 47.7 Å². The number of carbonyl (C=O) groups is 1. The average molecular weight is 240 g/mol. The van der Waals surface area contributed by atoms with E-state index in [1.54, 1.807) is 0 Å². The molecular weight excluding hydrogens is 216 g/mol. The van der Waals surface area contributed by atoms with Crippen molar-refractivity contribution < 1.29 is 9.90 Å². The van der Waals surface area contributed by atoms with Gasteiger partial charge >= 0.3 is 0 Å². The Kier molecular flexibility index (Phi) is 4.80. The van der Waals surface area contributed by atoms with Crippen molar-refractivity contribution in [3.05, 3.63) is 0 Å². The van der Waals surface area contributed by atoms with Gasteiger partial charge in [-0.05, 0) is 38.5 Å². The van der Waals surface area contributed by atoms with Crippen molar-refractivity contribution in [1.29, 1.82) is 0 Å². The first kappa shape index (κ1) is 12.8. The van der Waals surface area contributed by atoms with Gasteiger partial charge in [-0.25, -0.2) is 0 Å². The summed E-state index contributed by atoms with van der Waals surface area (Å²) >= 11 is 0. The predicted molar refractivity (Wildman–Crippen MR) is 66.7 cm³/mol. The van der Waals surface area contributed by atoms with Crippen molar-refractivity contribution in [2.24, 2.45) is 0 Å². The first-order chi connectivity index (χ1) is 8.27. The SMILES string of the molecule is O=C(CCNC1CCCC1O)N1CCCCC1. The lowest BCUT2D eigenvalue weighted by Crippen LogP contribution is -2.40. The summed E-state index contributed by atoms with van der Waals surface area (Å²) in [5.41, 5.74) is 0. The maximum absolute atomic E-state index is 11.9. The topological polar surface area (TPSA) is 52.6 Å². The standard InChI is InChI=1S/C13H24N2O2/c16-12-6-4-5-11(12)14-8-7-13(17)15-9-2-1-3-10-15/h11-12,14,16H,1-10H2. The second kappa shape index (κ2) is 6.36. The zero-order chi connectivity index (χ0) is 12.1.